The van der Waals surface area contributed by atoms with E-state index in [4.69, 9.17) is 0 Å². The van der Waals surface area contributed by atoms with Gasteiger partial charge in [0.2, 0.25) is 0 Å². The summed E-state index contributed by atoms with van der Waals surface area (Å²) < 4.78 is 0. The molecule has 0 aromatic carbocycles. The molecular formula is C12H20N2S. The predicted octanol–water partition coefficient (Wildman–Crippen LogP) is 2.62. The van der Waals surface area contributed by atoms with Crippen LogP contribution in [0, 0.1) is 6.92 Å². The fourth-order valence-corrected chi connectivity index (χ4v) is 1.99. The number of thioether (sulfide) groups is 1. The summed E-state index contributed by atoms with van der Waals surface area (Å²) in [4.78, 5) is 4.34. The maximum Gasteiger partial charge on any atom is 0.0570 e. The molecule has 0 atom stereocenters. The van der Waals surface area contributed by atoms with Crippen LogP contribution in [0.5, 0.6) is 0 Å². The summed E-state index contributed by atoms with van der Waals surface area (Å²) in [7, 11) is 0. The van der Waals surface area contributed by atoms with Gasteiger partial charge in [-0.3, -0.25) is 4.98 Å². The molecule has 0 aliphatic heterocycles. The lowest BCUT2D eigenvalue weighted by Gasteiger charge is -2.06. The average Bonchev–Trinajstić information content (AvgIpc) is 2.25. The molecule has 3 heteroatoms. The fourth-order valence-electron chi connectivity index (χ4n) is 1.35. The van der Waals surface area contributed by atoms with Crippen molar-refractivity contribution >= 4 is 11.8 Å². The minimum absolute atomic E-state index is 0.892. The maximum absolute atomic E-state index is 4.34. The normalized spacial score (nSPS) is 10.5. The van der Waals surface area contributed by atoms with Crippen LogP contribution in [0.4, 0.5) is 0 Å². The average molecular weight is 224 g/mol. The number of hydrogen-bond acceptors (Lipinski definition) is 3. The van der Waals surface area contributed by atoms with E-state index in [1.807, 2.05) is 24.0 Å². The lowest BCUT2D eigenvalue weighted by atomic mass is 10.2. The van der Waals surface area contributed by atoms with Crippen LogP contribution in [0.15, 0.2) is 18.3 Å². The molecule has 2 nitrogen and oxygen atoms in total. The second kappa shape index (κ2) is 7.71. The van der Waals surface area contributed by atoms with Gasteiger partial charge in [-0.25, -0.2) is 0 Å². The molecule has 1 aromatic rings. The van der Waals surface area contributed by atoms with Gasteiger partial charge in [0.1, 0.15) is 0 Å². The monoisotopic (exact) mass is 224 g/mol. The van der Waals surface area contributed by atoms with Gasteiger partial charge in [-0.2, -0.15) is 11.8 Å². The smallest absolute Gasteiger partial charge is 0.0570 e. The molecule has 15 heavy (non-hydrogen) atoms. The topological polar surface area (TPSA) is 24.9 Å². The number of hydrogen-bond donors (Lipinski definition) is 1. The molecule has 0 amide bonds. The highest BCUT2D eigenvalue weighted by molar-refractivity contribution is 7.99. The van der Waals surface area contributed by atoms with Crippen molar-refractivity contribution in [1.29, 1.82) is 0 Å². The summed E-state index contributed by atoms with van der Waals surface area (Å²) in [5.41, 5.74) is 2.44. The van der Waals surface area contributed by atoms with E-state index in [0.717, 1.165) is 13.1 Å². The summed E-state index contributed by atoms with van der Waals surface area (Å²) in [5.74, 6) is 2.48. The Morgan fingerprint density at radius 1 is 1.47 bits per heavy atom. The van der Waals surface area contributed by atoms with Crippen molar-refractivity contribution in [3.05, 3.63) is 29.6 Å². The molecule has 0 aliphatic carbocycles. The lowest BCUT2D eigenvalue weighted by Crippen LogP contribution is -2.16. The van der Waals surface area contributed by atoms with E-state index >= 15 is 0 Å². The van der Waals surface area contributed by atoms with E-state index in [1.54, 1.807) is 0 Å². The van der Waals surface area contributed by atoms with Crippen molar-refractivity contribution < 1.29 is 0 Å². The fraction of sp³-hybridized carbons (Fsp3) is 0.583. The SMILES string of the molecule is CCSCCCNCc1ncccc1C. The molecule has 0 unspecified atom stereocenters. The Hall–Kier alpha value is -0.540. The van der Waals surface area contributed by atoms with E-state index in [1.165, 1.54) is 29.2 Å². The number of rotatable bonds is 7. The third-order valence-electron chi connectivity index (χ3n) is 2.26. The second-order valence-electron chi connectivity index (χ2n) is 3.49. The number of nitrogens with zero attached hydrogens (tertiary/aromatic N) is 1. The van der Waals surface area contributed by atoms with E-state index in [0.29, 0.717) is 0 Å². The Balaban J connectivity index is 2.12. The molecule has 0 spiro atoms. The Labute approximate surface area is 96.9 Å². The highest BCUT2D eigenvalue weighted by Crippen LogP contribution is 2.03. The van der Waals surface area contributed by atoms with Gasteiger partial charge in [0, 0.05) is 12.7 Å². The third-order valence-corrected chi connectivity index (χ3v) is 3.24. The van der Waals surface area contributed by atoms with Crippen molar-refractivity contribution in [1.82, 2.24) is 10.3 Å². The van der Waals surface area contributed by atoms with Gasteiger partial charge in [0.25, 0.3) is 0 Å². The Morgan fingerprint density at radius 2 is 2.33 bits per heavy atom. The summed E-state index contributed by atoms with van der Waals surface area (Å²) in [6.07, 6.45) is 3.10. The Bertz CT molecular complexity index is 276. The van der Waals surface area contributed by atoms with Gasteiger partial charge < -0.3 is 5.32 Å². The molecule has 1 rings (SSSR count). The van der Waals surface area contributed by atoms with Crippen molar-refractivity contribution in [3.63, 3.8) is 0 Å². The molecule has 0 saturated heterocycles. The summed E-state index contributed by atoms with van der Waals surface area (Å²) in [6, 6.07) is 4.09. The number of aryl methyl sites for hydroxylation is 1. The third kappa shape index (κ3) is 5.19. The van der Waals surface area contributed by atoms with Crippen LogP contribution in [-0.2, 0) is 6.54 Å². The van der Waals surface area contributed by atoms with Crippen molar-refractivity contribution in [3.8, 4) is 0 Å². The largest absolute Gasteiger partial charge is 0.311 e. The lowest BCUT2D eigenvalue weighted by molar-refractivity contribution is 0.664. The first-order valence-corrected chi connectivity index (χ1v) is 6.69. The highest BCUT2D eigenvalue weighted by Gasteiger charge is 1.97. The first kappa shape index (κ1) is 12.5. The number of aromatic nitrogens is 1. The maximum atomic E-state index is 4.34. The molecule has 1 heterocycles. The van der Waals surface area contributed by atoms with Crippen molar-refractivity contribution in [2.75, 3.05) is 18.1 Å². The zero-order valence-electron chi connectivity index (χ0n) is 9.62. The second-order valence-corrected chi connectivity index (χ2v) is 4.89. The predicted molar refractivity (Wildman–Crippen MR) is 68.3 cm³/mol. The van der Waals surface area contributed by atoms with Crippen LogP contribution >= 0.6 is 11.8 Å². The molecule has 0 saturated carbocycles. The van der Waals surface area contributed by atoms with Gasteiger partial charge in [-0.05, 0) is 43.0 Å². The molecule has 1 aromatic heterocycles. The summed E-state index contributed by atoms with van der Waals surface area (Å²) >= 11 is 2.00. The van der Waals surface area contributed by atoms with Gasteiger partial charge in [0.15, 0.2) is 0 Å². The van der Waals surface area contributed by atoms with E-state index in [2.05, 4.69) is 30.2 Å². The zero-order valence-corrected chi connectivity index (χ0v) is 10.4. The molecule has 1 N–H and O–H groups in total. The van der Waals surface area contributed by atoms with Crippen LogP contribution in [0.2, 0.25) is 0 Å². The number of pyridine rings is 1. The van der Waals surface area contributed by atoms with Crippen molar-refractivity contribution in [2.45, 2.75) is 26.8 Å². The van der Waals surface area contributed by atoms with Crippen LogP contribution < -0.4 is 5.32 Å². The first-order chi connectivity index (χ1) is 7.34. The van der Waals surface area contributed by atoms with Crippen LogP contribution in [0.25, 0.3) is 0 Å². The molecule has 0 fully saturated rings. The minimum atomic E-state index is 0.892. The molecular weight excluding hydrogens is 204 g/mol. The first-order valence-electron chi connectivity index (χ1n) is 5.53. The van der Waals surface area contributed by atoms with Crippen molar-refractivity contribution in [2.24, 2.45) is 0 Å². The van der Waals surface area contributed by atoms with Gasteiger partial charge in [0.05, 0.1) is 5.69 Å². The highest BCUT2D eigenvalue weighted by atomic mass is 32.2. The standard InChI is InChI=1S/C12H20N2S/c1-3-15-9-5-7-13-10-12-11(2)6-4-8-14-12/h4,6,8,13H,3,5,7,9-10H2,1-2H3. The van der Waals surface area contributed by atoms with Crippen LogP contribution in [-0.4, -0.2) is 23.0 Å². The van der Waals surface area contributed by atoms with Gasteiger partial charge >= 0.3 is 0 Å². The van der Waals surface area contributed by atoms with E-state index in [9.17, 15) is 0 Å². The van der Waals surface area contributed by atoms with E-state index < -0.39 is 0 Å². The Morgan fingerprint density at radius 3 is 3.07 bits per heavy atom. The Kier molecular flexibility index (Phi) is 6.44. The molecule has 0 radical (unpaired) electrons. The van der Waals surface area contributed by atoms with E-state index in [-0.39, 0.29) is 0 Å². The molecule has 0 bridgehead atoms. The van der Waals surface area contributed by atoms with Gasteiger partial charge in [-0.1, -0.05) is 13.0 Å². The van der Waals surface area contributed by atoms with Crippen LogP contribution in [0.3, 0.4) is 0 Å². The summed E-state index contributed by atoms with van der Waals surface area (Å²) in [6.45, 7) is 6.29. The minimum Gasteiger partial charge on any atom is -0.311 e. The number of nitrogens with one attached hydrogen (secondary N) is 1. The molecule has 84 valence electrons. The van der Waals surface area contributed by atoms with Gasteiger partial charge in [-0.15, -0.1) is 0 Å². The summed E-state index contributed by atoms with van der Waals surface area (Å²) in [5, 5.41) is 3.43. The molecule has 0 aliphatic rings. The quantitative estimate of drug-likeness (QED) is 0.721. The zero-order chi connectivity index (χ0) is 10.9. The van der Waals surface area contributed by atoms with Crippen LogP contribution in [0.1, 0.15) is 24.6 Å².